The molecule has 4 aromatic rings. The van der Waals surface area contributed by atoms with Gasteiger partial charge in [-0.3, -0.25) is 18.8 Å². The predicted octanol–water partition coefficient (Wildman–Crippen LogP) is 2.99. The van der Waals surface area contributed by atoms with E-state index >= 15 is 0 Å². The Hall–Kier alpha value is -3.28. The lowest BCUT2D eigenvalue weighted by Crippen LogP contribution is -2.48. The average Bonchev–Trinajstić information content (AvgIpc) is 3.51. The molecule has 0 spiro atoms. The molecule has 2 aliphatic heterocycles. The van der Waals surface area contributed by atoms with Crippen LogP contribution in [0.15, 0.2) is 29.2 Å². The van der Waals surface area contributed by atoms with Crippen molar-refractivity contribution in [3.05, 3.63) is 45.2 Å². The molecule has 1 unspecified atom stereocenters. The summed E-state index contributed by atoms with van der Waals surface area (Å²) in [6, 6.07) is 5.97. The van der Waals surface area contributed by atoms with Gasteiger partial charge in [-0.15, -0.1) is 11.3 Å². The molecule has 5 heterocycles. The molecule has 1 N–H and O–H groups in total. The second-order valence-electron chi connectivity index (χ2n) is 10.3. The van der Waals surface area contributed by atoms with E-state index < -0.39 is 0 Å². The number of aromatic nitrogens is 3. The Bertz CT molecular complexity index is 1660. The molecule has 2 saturated heterocycles. The fourth-order valence-electron chi connectivity index (χ4n) is 5.67. The van der Waals surface area contributed by atoms with Crippen molar-refractivity contribution in [2.75, 3.05) is 51.2 Å². The maximum absolute atomic E-state index is 13.8. The molecular weight excluding hydrogens is 538 g/mol. The molecule has 0 radical (unpaired) electrons. The molecule has 2 aliphatic rings. The molecule has 1 aromatic carbocycles. The zero-order valence-corrected chi connectivity index (χ0v) is 23.5. The van der Waals surface area contributed by atoms with Gasteiger partial charge in [0, 0.05) is 56.9 Å². The largest absolute Gasteiger partial charge is 0.352 e. The molecule has 1 atom stereocenters. The van der Waals surface area contributed by atoms with E-state index in [1.807, 2.05) is 21.4 Å². The van der Waals surface area contributed by atoms with Gasteiger partial charge in [-0.05, 0) is 51.1 Å². The SMILES string of the molecule is CC(=O)N1CCN(c2ncc3c(=O)c(C(=O)NCCC4CCCN4C)c4sc5ccc(Cl)cc5n4c3n2)CC1. The first-order valence-corrected chi connectivity index (χ1v) is 14.4. The zero-order chi connectivity index (χ0) is 27.3. The van der Waals surface area contributed by atoms with Crippen molar-refractivity contribution < 1.29 is 9.59 Å². The van der Waals surface area contributed by atoms with Crippen LogP contribution >= 0.6 is 22.9 Å². The number of thiazole rings is 1. The molecule has 0 aliphatic carbocycles. The summed E-state index contributed by atoms with van der Waals surface area (Å²) >= 11 is 7.74. The van der Waals surface area contributed by atoms with Crippen molar-refractivity contribution in [2.24, 2.45) is 0 Å². The van der Waals surface area contributed by atoms with Gasteiger partial charge in [0.25, 0.3) is 5.91 Å². The summed E-state index contributed by atoms with van der Waals surface area (Å²) < 4.78 is 2.75. The average molecular weight is 568 g/mol. The molecule has 10 nitrogen and oxygen atoms in total. The van der Waals surface area contributed by atoms with E-state index in [4.69, 9.17) is 16.6 Å². The highest BCUT2D eigenvalue weighted by Gasteiger charge is 2.26. The highest BCUT2D eigenvalue weighted by Crippen LogP contribution is 2.32. The van der Waals surface area contributed by atoms with E-state index in [1.54, 1.807) is 17.9 Å². The standard InChI is InChI=1S/C27H30ClN7O3S/c1-16(36)33-10-12-34(13-11-33)27-30-15-19-23(37)22(25(38)29-8-7-18-4-3-9-32(18)2)26-35(24(19)31-27)20-14-17(28)5-6-21(20)39-26/h5-6,14-15,18H,3-4,7-13H2,1-2H3,(H,29,38). The van der Waals surface area contributed by atoms with Crippen LogP contribution in [0.5, 0.6) is 0 Å². The summed E-state index contributed by atoms with van der Waals surface area (Å²) in [7, 11) is 2.11. The van der Waals surface area contributed by atoms with Crippen LogP contribution < -0.4 is 15.6 Å². The van der Waals surface area contributed by atoms with Crippen LogP contribution in [0, 0.1) is 0 Å². The summed E-state index contributed by atoms with van der Waals surface area (Å²) in [5, 5.41) is 3.82. The second kappa shape index (κ2) is 10.4. The Balaban J connectivity index is 1.42. The molecule has 6 rings (SSSR count). The number of halogens is 1. The van der Waals surface area contributed by atoms with Crippen LogP contribution in [0.25, 0.3) is 26.1 Å². The number of benzene rings is 1. The van der Waals surface area contributed by atoms with Gasteiger partial charge >= 0.3 is 0 Å². The van der Waals surface area contributed by atoms with Gasteiger partial charge in [0.2, 0.25) is 17.3 Å². The molecule has 0 bridgehead atoms. The van der Waals surface area contributed by atoms with E-state index in [0.717, 1.165) is 29.6 Å². The molecule has 12 heteroatoms. The Morgan fingerprint density at radius 2 is 1.97 bits per heavy atom. The molecular formula is C27H30ClN7O3S. The molecule has 204 valence electrons. The van der Waals surface area contributed by atoms with Crippen molar-refractivity contribution in [1.29, 1.82) is 0 Å². The van der Waals surface area contributed by atoms with E-state index in [1.165, 1.54) is 24.0 Å². The lowest BCUT2D eigenvalue weighted by atomic mass is 10.1. The van der Waals surface area contributed by atoms with Crippen molar-refractivity contribution in [2.45, 2.75) is 32.2 Å². The number of carbonyl (C=O) groups is 2. The number of hydrogen-bond donors (Lipinski definition) is 1. The normalized spacial score (nSPS) is 18.5. The van der Waals surface area contributed by atoms with Crippen LogP contribution in [0.4, 0.5) is 5.95 Å². The molecule has 3 aromatic heterocycles. The van der Waals surface area contributed by atoms with E-state index in [-0.39, 0.29) is 28.2 Å². The van der Waals surface area contributed by atoms with E-state index in [9.17, 15) is 14.4 Å². The zero-order valence-electron chi connectivity index (χ0n) is 21.9. The number of carbonyl (C=O) groups excluding carboxylic acids is 2. The van der Waals surface area contributed by atoms with Crippen LogP contribution in [-0.2, 0) is 4.79 Å². The second-order valence-corrected chi connectivity index (χ2v) is 11.7. The summed E-state index contributed by atoms with van der Waals surface area (Å²) in [5.74, 6) is 0.144. The topological polar surface area (TPSA) is 103 Å². The van der Waals surface area contributed by atoms with Gasteiger partial charge < -0.3 is 20.0 Å². The highest BCUT2D eigenvalue weighted by atomic mass is 35.5. The summed E-state index contributed by atoms with van der Waals surface area (Å²) in [6.45, 7) is 5.49. The Kier molecular flexibility index (Phi) is 6.90. The van der Waals surface area contributed by atoms with Crippen LogP contribution in [-0.4, -0.2) is 88.3 Å². The Morgan fingerprint density at radius 1 is 1.18 bits per heavy atom. The van der Waals surface area contributed by atoms with Crippen molar-refractivity contribution in [1.82, 2.24) is 29.5 Å². The first-order valence-electron chi connectivity index (χ1n) is 13.2. The maximum Gasteiger partial charge on any atom is 0.258 e. The van der Waals surface area contributed by atoms with Crippen LogP contribution in [0.2, 0.25) is 5.02 Å². The summed E-state index contributed by atoms with van der Waals surface area (Å²) in [4.78, 5) is 55.0. The highest BCUT2D eigenvalue weighted by molar-refractivity contribution is 7.24. The first-order chi connectivity index (χ1) is 18.8. The summed E-state index contributed by atoms with van der Waals surface area (Å²) in [5.41, 5.74) is 0.934. The van der Waals surface area contributed by atoms with Gasteiger partial charge in [-0.25, -0.2) is 4.98 Å². The number of hydrogen-bond acceptors (Lipinski definition) is 8. The quantitative estimate of drug-likeness (QED) is 0.395. The number of rotatable bonds is 5. The van der Waals surface area contributed by atoms with Gasteiger partial charge in [0.15, 0.2) is 5.65 Å². The van der Waals surface area contributed by atoms with Gasteiger partial charge in [0.05, 0.1) is 15.6 Å². The van der Waals surface area contributed by atoms with Crippen LogP contribution in [0.3, 0.4) is 0 Å². The minimum absolute atomic E-state index is 0.0463. The molecule has 0 saturated carbocycles. The smallest absolute Gasteiger partial charge is 0.258 e. The lowest BCUT2D eigenvalue weighted by molar-refractivity contribution is -0.129. The molecule has 39 heavy (non-hydrogen) atoms. The fraction of sp³-hybridized carbons (Fsp3) is 0.444. The maximum atomic E-state index is 13.8. The number of amides is 2. The fourth-order valence-corrected chi connectivity index (χ4v) is 7.00. The third kappa shape index (κ3) is 4.72. The number of nitrogens with zero attached hydrogens (tertiary/aromatic N) is 6. The number of fused-ring (bicyclic) bond motifs is 5. The van der Waals surface area contributed by atoms with Gasteiger partial charge in [-0.2, -0.15) is 4.98 Å². The first kappa shape index (κ1) is 26.0. The molecule has 2 amide bonds. The number of pyridine rings is 1. The minimum atomic E-state index is -0.387. The third-order valence-electron chi connectivity index (χ3n) is 7.89. The summed E-state index contributed by atoms with van der Waals surface area (Å²) in [6.07, 6.45) is 4.64. The lowest BCUT2D eigenvalue weighted by Gasteiger charge is -2.34. The van der Waals surface area contributed by atoms with Gasteiger partial charge in [-0.1, -0.05) is 11.6 Å². The van der Waals surface area contributed by atoms with Crippen molar-refractivity contribution in [3.8, 4) is 0 Å². The third-order valence-corrected chi connectivity index (χ3v) is 9.27. The minimum Gasteiger partial charge on any atom is -0.352 e. The van der Waals surface area contributed by atoms with Crippen LogP contribution in [0.1, 0.15) is 36.5 Å². The number of anilines is 1. The van der Waals surface area contributed by atoms with Gasteiger partial charge in [0.1, 0.15) is 10.4 Å². The van der Waals surface area contributed by atoms with Crippen molar-refractivity contribution >= 4 is 66.8 Å². The number of nitrogens with one attached hydrogen (secondary N) is 1. The Labute approximate surface area is 234 Å². The van der Waals surface area contributed by atoms with E-state index in [0.29, 0.717) is 60.2 Å². The monoisotopic (exact) mass is 567 g/mol. The van der Waals surface area contributed by atoms with Crippen molar-refractivity contribution in [3.63, 3.8) is 0 Å². The predicted molar refractivity (Wildman–Crippen MR) is 154 cm³/mol. The molecule has 2 fully saturated rings. The number of piperazine rings is 1. The number of likely N-dealkylation sites (tertiary alicyclic amines) is 1. The van der Waals surface area contributed by atoms with E-state index in [2.05, 4.69) is 22.2 Å². The Morgan fingerprint density at radius 3 is 2.69 bits per heavy atom.